The molecule has 2 aromatic carbocycles. The molecule has 7 nitrogen and oxygen atoms in total. The van der Waals surface area contributed by atoms with E-state index in [2.05, 4.69) is 15.3 Å². The molecule has 0 spiro atoms. The number of aliphatic carboxylic acids is 1. The van der Waals surface area contributed by atoms with Crippen molar-refractivity contribution in [1.29, 1.82) is 0 Å². The Morgan fingerprint density at radius 2 is 1.81 bits per heavy atom. The lowest BCUT2D eigenvalue weighted by atomic mass is 10.1. The van der Waals surface area contributed by atoms with Crippen LogP contribution >= 0.6 is 0 Å². The highest BCUT2D eigenvalue weighted by Crippen LogP contribution is 2.22. The Labute approximate surface area is 178 Å². The summed E-state index contributed by atoms with van der Waals surface area (Å²) in [5, 5.41) is 12.4. The standard InChI is InChI=1S/C21H17N3O2.C3H6O2/c25-19(23-13-15-4-2-1-3-5-15)9-7-14-6-8-18-17(12-14)16-10-11-22-20(16)21(26)24-18;1-2-3(4)5/h1-12,22H,13H2,(H,23,25)(H,24,26);2H2,1H3,(H,4,5). The summed E-state index contributed by atoms with van der Waals surface area (Å²) in [4.78, 5) is 39.2. The van der Waals surface area contributed by atoms with Crippen LogP contribution in [0.15, 0.2) is 71.7 Å². The number of H-pyrrole nitrogens is 2. The van der Waals surface area contributed by atoms with Crippen LogP contribution in [-0.2, 0) is 16.1 Å². The molecule has 0 fully saturated rings. The van der Waals surface area contributed by atoms with Gasteiger partial charge in [0.05, 0.1) is 0 Å². The molecule has 0 bridgehead atoms. The number of aromatic amines is 2. The first-order valence-corrected chi connectivity index (χ1v) is 9.82. The molecule has 0 aliphatic heterocycles. The summed E-state index contributed by atoms with van der Waals surface area (Å²) in [5.74, 6) is -0.896. The Hall–Kier alpha value is -4.13. The molecule has 2 heterocycles. The van der Waals surface area contributed by atoms with Crippen LogP contribution < -0.4 is 10.9 Å². The third kappa shape index (κ3) is 5.70. The van der Waals surface area contributed by atoms with Crippen molar-refractivity contribution >= 4 is 39.8 Å². The molecule has 0 unspecified atom stereocenters. The number of carboxylic acids is 1. The maximum atomic E-state index is 12.0. The molecule has 0 atom stereocenters. The first-order chi connectivity index (χ1) is 15.0. The number of aromatic nitrogens is 2. The SMILES string of the molecule is CCC(=O)O.O=C(C=Cc1ccc2[nH]c(=O)c3[nH]ccc3c2c1)NCc1ccccc1. The van der Waals surface area contributed by atoms with Gasteiger partial charge in [-0.1, -0.05) is 43.3 Å². The van der Waals surface area contributed by atoms with E-state index in [4.69, 9.17) is 5.11 Å². The Balaban J connectivity index is 0.000000491. The van der Waals surface area contributed by atoms with E-state index in [1.807, 2.05) is 54.6 Å². The molecule has 7 heteroatoms. The van der Waals surface area contributed by atoms with E-state index in [0.29, 0.717) is 12.1 Å². The van der Waals surface area contributed by atoms with Gasteiger partial charge in [0.25, 0.3) is 5.56 Å². The second-order valence-electron chi connectivity index (χ2n) is 6.81. The van der Waals surface area contributed by atoms with Crippen molar-refractivity contribution in [2.45, 2.75) is 19.9 Å². The van der Waals surface area contributed by atoms with Crippen molar-refractivity contribution in [2.75, 3.05) is 0 Å². The number of nitrogens with one attached hydrogen (secondary N) is 3. The number of carbonyl (C=O) groups excluding carboxylic acids is 1. The summed E-state index contributed by atoms with van der Waals surface area (Å²) in [6.45, 7) is 2.09. The van der Waals surface area contributed by atoms with Crippen LogP contribution in [0.4, 0.5) is 0 Å². The van der Waals surface area contributed by atoms with Crippen molar-refractivity contribution in [1.82, 2.24) is 15.3 Å². The average molecular weight is 417 g/mol. The summed E-state index contributed by atoms with van der Waals surface area (Å²) < 4.78 is 0. The molecule has 0 saturated carbocycles. The number of carboxylic acid groups (broad SMARTS) is 1. The summed E-state index contributed by atoms with van der Waals surface area (Å²) in [6.07, 6.45) is 5.26. The van der Waals surface area contributed by atoms with E-state index in [1.54, 1.807) is 19.2 Å². The predicted octanol–water partition coefficient (Wildman–Crippen LogP) is 3.82. The molecule has 4 rings (SSSR count). The number of amides is 1. The molecule has 4 N–H and O–H groups in total. The molecule has 31 heavy (non-hydrogen) atoms. The van der Waals surface area contributed by atoms with Gasteiger partial charge in [-0.15, -0.1) is 0 Å². The number of hydrogen-bond donors (Lipinski definition) is 4. The van der Waals surface area contributed by atoms with Gasteiger partial charge in [0.15, 0.2) is 0 Å². The topological polar surface area (TPSA) is 115 Å². The van der Waals surface area contributed by atoms with Gasteiger partial charge in [0, 0.05) is 41.5 Å². The third-order valence-corrected chi connectivity index (χ3v) is 4.60. The summed E-state index contributed by atoms with van der Waals surface area (Å²) in [7, 11) is 0. The molecular weight excluding hydrogens is 394 g/mol. The van der Waals surface area contributed by atoms with Gasteiger partial charge >= 0.3 is 5.97 Å². The van der Waals surface area contributed by atoms with E-state index in [9.17, 15) is 14.4 Å². The van der Waals surface area contributed by atoms with Gasteiger partial charge in [0.1, 0.15) is 5.52 Å². The summed E-state index contributed by atoms with van der Waals surface area (Å²) in [6, 6.07) is 17.3. The highest BCUT2D eigenvalue weighted by Gasteiger charge is 2.06. The Bertz CT molecular complexity index is 1290. The van der Waals surface area contributed by atoms with Crippen molar-refractivity contribution in [3.63, 3.8) is 0 Å². The van der Waals surface area contributed by atoms with E-state index in [1.165, 1.54) is 6.08 Å². The number of benzene rings is 2. The van der Waals surface area contributed by atoms with E-state index in [-0.39, 0.29) is 17.9 Å². The van der Waals surface area contributed by atoms with E-state index >= 15 is 0 Å². The first-order valence-electron chi connectivity index (χ1n) is 9.82. The van der Waals surface area contributed by atoms with Gasteiger partial charge in [-0.25, -0.2) is 0 Å². The number of rotatable bonds is 5. The van der Waals surface area contributed by atoms with Crippen molar-refractivity contribution in [3.8, 4) is 0 Å². The number of pyridine rings is 1. The Morgan fingerprint density at radius 1 is 1.06 bits per heavy atom. The molecule has 1 amide bonds. The fourth-order valence-corrected chi connectivity index (χ4v) is 2.98. The van der Waals surface area contributed by atoms with Crippen LogP contribution in [0.5, 0.6) is 0 Å². The second-order valence-corrected chi connectivity index (χ2v) is 6.81. The molecule has 0 aliphatic carbocycles. The van der Waals surface area contributed by atoms with Crippen LogP contribution in [0.3, 0.4) is 0 Å². The third-order valence-electron chi connectivity index (χ3n) is 4.60. The maximum absolute atomic E-state index is 12.0. The van der Waals surface area contributed by atoms with Crippen molar-refractivity contribution in [2.24, 2.45) is 0 Å². The largest absolute Gasteiger partial charge is 0.481 e. The zero-order chi connectivity index (χ0) is 22.2. The number of hydrogen-bond acceptors (Lipinski definition) is 3. The Kier molecular flexibility index (Phi) is 7.01. The van der Waals surface area contributed by atoms with E-state index in [0.717, 1.165) is 27.4 Å². The minimum absolute atomic E-state index is 0.138. The minimum Gasteiger partial charge on any atom is -0.481 e. The zero-order valence-corrected chi connectivity index (χ0v) is 17.0. The smallest absolute Gasteiger partial charge is 0.303 e. The molecule has 0 radical (unpaired) electrons. The second kappa shape index (κ2) is 10.1. The minimum atomic E-state index is -0.745. The average Bonchev–Trinajstić information content (AvgIpc) is 3.29. The van der Waals surface area contributed by atoms with Crippen molar-refractivity contribution in [3.05, 3.63) is 88.4 Å². The molecule has 0 aliphatic rings. The molecule has 2 aromatic heterocycles. The summed E-state index contributed by atoms with van der Waals surface area (Å²) in [5.41, 5.74) is 3.13. The quantitative estimate of drug-likeness (QED) is 0.370. The van der Waals surface area contributed by atoms with Crippen LogP contribution in [-0.4, -0.2) is 27.0 Å². The highest BCUT2D eigenvalue weighted by atomic mass is 16.4. The first kappa shape index (κ1) is 21.6. The molecular formula is C24H23N3O4. The lowest BCUT2D eigenvalue weighted by molar-refractivity contribution is -0.136. The van der Waals surface area contributed by atoms with Gasteiger partial charge in [-0.2, -0.15) is 0 Å². The lowest BCUT2D eigenvalue weighted by Gasteiger charge is -2.03. The zero-order valence-electron chi connectivity index (χ0n) is 17.0. The summed E-state index contributed by atoms with van der Waals surface area (Å²) >= 11 is 0. The van der Waals surface area contributed by atoms with Gasteiger partial charge in [-0.3, -0.25) is 14.4 Å². The number of carbonyl (C=O) groups is 2. The van der Waals surface area contributed by atoms with E-state index < -0.39 is 5.97 Å². The van der Waals surface area contributed by atoms with Gasteiger partial charge < -0.3 is 20.4 Å². The van der Waals surface area contributed by atoms with Crippen LogP contribution in [0, 0.1) is 0 Å². The van der Waals surface area contributed by atoms with Crippen LogP contribution in [0.1, 0.15) is 24.5 Å². The Morgan fingerprint density at radius 3 is 2.52 bits per heavy atom. The van der Waals surface area contributed by atoms with Crippen LogP contribution in [0.2, 0.25) is 0 Å². The number of fused-ring (bicyclic) bond motifs is 3. The van der Waals surface area contributed by atoms with Gasteiger partial charge in [0.2, 0.25) is 5.91 Å². The lowest BCUT2D eigenvalue weighted by Crippen LogP contribution is -2.20. The van der Waals surface area contributed by atoms with Crippen molar-refractivity contribution < 1.29 is 14.7 Å². The highest BCUT2D eigenvalue weighted by molar-refractivity contribution is 6.05. The fourth-order valence-electron chi connectivity index (χ4n) is 2.98. The molecule has 158 valence electrons. The fraction of sp³-hybridized carbons (Fsp3) is 0.125. The normalized spacial score (nSPS) is 10.7. The molecule has 0 saturated heterocycles. The van der Waals surface area contributed by atoms with Crippen LogP contribution in [0.25, 0.3) is 27.9 Å². The van der Waals surface area contributed by atoms with Gasteiger partial charge in [-0.05, 0) is 35.4 Å². The molecule has 4 aromatic rings. The maximum Gasteiger partial charge on any atom is 0.303 e. The predicted molar refractivity (Wildman–Crippen MR) is 122 cm³/mol. The monoisotopic (exact) mass is 417 g/mol.